The fraction of sp³-hybridized carbons (Fsp3) is 0.182. The summed E-state index contributed by atoms with van der Waals surface area (Å²) in [5.41, 5.74) is 7.25. The highest BCUT2D eigenvalue weighted by Crippen LogP contribution is 2.25. The highest BCUT2D eigenvalue weighted by molar-refractivity contribution is 6.34. The van der Waals surface area contributed by atoms with Crippen molar-refractivity contribution in [3.05, 3.63) is 23.8 Å². The molecule has 1 rings (SSSR count). The molecule has 2 amide bonds. The Morgan fingerprint density at radius 1 is 1.56 bits per heavy atom. The normalized spacial score (nSPS) is 10.3. The van der Waals surface area contributed by atoms with E-state index in [2.05, 4.69) is 5.10 Å². The topological polar surface area (TPSA) is 114 Å². The molecule has 0 unspecified atom stereocenters. The maximum Gasteiger partial charge on any atom is 0.329 e. The van der Waals surface area contributed by atoms with Crippen LogP contribution in [0.5, 0.6) is 11.5 Å². The van der Waals surface area contributed by atoms with E-state index in [0.29, 0.717) is 17.9 Å². The Labute approximate surface area is 103 Å². The molecule has 0 bridgehead atoms. The number of aromatic hydroxyl groups is 1. The number of primary amides is 1. The number of nitrogens with one attached hydrogen (secondary N) is 1. The lowest BCUT2D eigenvalue weighted by molar-refractivity contribution is -0.137. The number of hydrogen-bond acceptors (Lipinski definition) is 5. The van der Waals surface area contributed by atoms with Crippen LogP contribution in [0, 0.1) is 0 Å². The van der Waals surface area contributed by atoms with Crippen molar-refractivity contribution < 1.29 is 19.4 Å². The first-order valence-corrected chi connectivity index (χ1v) is 5.13. The van der Waals surface area contributed by atoms with Crippen molar-refractivity contribution in [2.75, 3.05) is 6.61 Å². The molecule has 0 spiro atoms. The van der Waals surface area contributed by atoms with Gasteiger partial charge in [-0.25, -0.2) is 5.43 Å². The van der Waals surface area contributed by atoms with Gasteiger partial charge in [0.15, 0.2) is 11.5 Å². The van der Waals surface area contributed by atoms with Crippen LogP contribution in [0.1, 0.15) is 12.5 Å². The predicted octanol–water partition coefficient (Wildman–Crippen LogP) is -0.274. The molecule has 0 fully saturated rings. The monoisotopic (exact) mass is 251 g/mol. The summed E-state index contributed by atoms with van der Waals surface area (Å²) in [6.07, 6.45) is 1.29. The molecule has 0 atom stereocenters. The van der Waals surface area contributed by atoms with Crippen LogP contribution in [0.25, 0.3) is 0 Å². The largest absolute Gasteiger partial charge is 0.504 e. The average Bonchev–Trinajstić information content (AvgIpc) is 2.33. The predicted molar refractivity (Wildman–Crippen MR) is 64.2 cm³/mol. The van der Waals surface area contributed by atoms with Crippen molar-refractivity contribution in [1.29, 1.82) is 0 Å². The van der Waals surface area contributed by atoms with Gasteiger partial charge in [-0.15, -0.1) is 0 Å². The Kier molecular flexibility index (Phi) is 4.67. The Morgan fingerprint density at radius 3 is 2.89 bits per heavy atom. The number of rotatable bonds is 4. The third-order valence-electron chi connectivity index (χ3n) is 1.89. The summed E-state index contributed by atoms with van der Waals surface area (Å²) in [7, 11) is 0. The molecule has 0 radical (unpaired) electrons. The summed E-state index contributed by atoms with van der Waals surface area (Å²) in [5, 5.41) is 13.0. The summed E-state index contributed by atoms with van der Waals surface area (Å²) in [6.45, 7) is 2.19. The highest BCUT2D eigenvalue weighted by atomic mass is 16.5. The zero-order valence-corrected chi connectivity index (χ0v) is 9.71. The molecule has 1 aromatic carbocycles. The first kappa shape index (κ1) is 13.5. The number of phenols is 1. The number of nitrogens with two attached hydrogens (primary N) is 1. The van der Waals surface area contributed by atoms with Crippen molar-refractivity contribution in [2.45, 2.75) is 6.92 Å². The number of amides is 2. The molecule has 1 aromatic rings. The lowest BCUT2D eigenvalue weighted by Gasteiger charge is -2.05. The third kappa shape index (κ3) is 3.78. The quantitative estimate of drug-likeness (QED) is 0.388. The van der Waals surface area contributed by atoms with Crippen molar-refractivity contribution in [3.8, 4) is 11.5 Å². The smallest absolute Gasteiger partial charge is 0.329 e. The highest BCUT2D eigenvalue weighted by Gasteiger charge is 2.06. The van der Waals surface area contributed by atoms with Gasteiger partial charge in [-0.1, -0.05) is 0 Å². The molecule has 0 aliphatic rings. The molecule has 0 heterocycles. The maximum atomic E-state index is 10.8. The molecule has 18 heavy (non-hydrogen) atoms. The molecule has 0 aliphatic heterocycles. The van der Waals surface area contributed by atoms with Gasteiger partial charge in [-0.05, 0) is 30.7 Å². The second-order valence-electron chi connectivity index (χ2n) is 3.22. The molecule has 7 heteroatoms. The van der Waals surface area contributed by atoms with Gasteiger partial charge < -0.3 is 15.6 Å². The fourth-order valence-electron chi connectivity index (χ4n) is 1.10. The van der Waals surface area contributed by atoms with Crippen LogP contribution >= 0.6 is 0 Å². The summed E-state index contributed by atoms with van der Waals surface area (Å²) < 4.78 is 5.17. The summed E-state index contributed by atoms with van der Waals surface area (Å²) in [4.78, 5) is 21.2. The van der Waals surface area contributed by atoms with E-state index >= 15 is 0 Å². The van der Waals surface area contributed by atoms with Crippen LogP contribution in [0.2, 0.25) is 0 Å². The van der Waals surface area contributed by atoms with Gasteiger partial charge in [0.25, 0.3) is 0 Å². The van der Waals surface area contributed by atoms with E-state index in [4.69, 9.17) is 10.5 Å². The number of ether oxygens (including phenoxy) is 1. The third-order valence-corrected chi connectivity index (χ3v) is 1.89. The SMILES string of the molecule is CCOc1cc(C=NNC(=O)C(N)=O)ccc1O. The summed E-state index contributed by atoms with van der Waals surface area (Å²) in [6, 6.07) is 4.54. The zero-order chi connectivity index (χ0) is 13.5. The molecular weight excluding hydrogens is 238 g/mol. The lowest BCUT2D eigenvalue weighted by atomic mass is 10.2. The molecule has 4 N–H and O–H groups in total. The van der Waals surface area contributed by atoms with Crippen molar-refractivity contribution in [1.82, 2.24) is 5.43 Å². The minimum absolute atomic E-state index is 0.00942. The Balaban J connectivity index is 2.73. The number of carbonyl (C=O) groups is 2. The summed E-state index contributed by atoms with van der Waals surface area (Å²) >= 11 is 0. The van der Waals surface area contributed by atoms with Gasteiger partial charge in [0.1, 0.15) is 0 Å². The molecular formula is C11H13N3O4. The minimum Gasteiger partial charge on any atom is -0.504 e. The van der Waals surface area contributed by atoms with Crippen LogP contribution in [0.4, 0.5) is 0 Å². The van der Waals surface area contributed by atoms with Crippen molar-refractivity contribution in [2.24, 2.45) is 10.8 Å². The molecule has 0 aliphatic carbocycles. The van der Waals surface area contributed by atoms with E-state index in [1.54, 1.807) is 19.1 Å². The summed E-state index contributed by atoms with van der Waals surface area (Å²) in [5.74, 6) is -1.80. The molecule has 96 valence electrons. The first-order valence-electron chi connectivity index (χ1n) is 5.13. The average molecular weight is 251 g/mol. The number of nitrogens with zero attached hydrogens (tertiary/aromatic N) is 1. The van der Waals surface area contributed by atoms with E-state index in [0.717, 1.165) is 0 Å². The van der Waals surface area contributed by atoms with Crippen molar-refractivity contribution >= 4 is 18.0 Å². The Morgan fingerprint density at radius 2 is 2.28 bits per heavy atom. The van der Waals surface area contributed by atoms with Crippen LogP contribution in [-0.2, 0) is 9.59 Å². The van der Waals surface area contributed by atoms with Crippen LogP contribution in [0.15, 0.2) is 23.3 Å². The van der Waals surface area contributed by atoms with Gasteiger partial charge in [0.2, 0.25) is 0 Å². The number of hydrogen-bond donors (Lipinski definition) is 3. The maximum absolute atomic E-state index is 10.8. The molecule has 0 aromatic heterocycles. The number of phenolic OH excluding ortho intramolecular Hbond substituents is 1. The van der Waals surface area contributed by atoms with Crippen LogP contribution < -0.4 is 15.9 Å². The second kappa shape index (κ2) is 6.24. The molecule has 0 saturated heterocycles. The van der Waals surface area contributed by atoms with Gasteiger partial charge in [-0.2, -0.15) is 5.10 Å². The molecule has 7 nitrogen and oxygen atoms in total. The Bertz CT molecular complexity index is 485. The number of carbonyl (C=O) groups excluding carboxylic acids is 2. The Hall–Kier alpha value is -2.57. The van der Waals surface area contributed by atoms with Crippen LogP contribution in [0.3, 0.4) is 0 Å². The number of benzene rings is 1. The van der Waals surface area contributed by atoms with E-state index < -0.39 is 11.8 Å². The van der Waals surface area contributed by atoms with E-state index in [-0.39, 0.29) is 5.75 Å². The number of hydrazone groups is 1. The standard InChI is InChI=1S/C11H13N3O4/c1-2-18-9-5-7(3-4-8(9)15)6-13-14-11(17)10(12)16/h3-6,15H,2H2,1H3,(H2,12,16)(H,14,17). The van der Waals surface area contributed by atoms with E-state index in [1.165, 1.54) is 12.3 Å². The van der Waals surface area contributed by atoms with Crippen molar-refractivity contribution in [3.63, 3.8) is 0 Å². The second-order valence-corrected chi connectivity index (χ2v) is 3.22. The first-order chi connectivity index (χ1) is 8.54. The van der Waals surface area contributed by atoms with E-state index in [1.807, 2.05) is 5.43 Å². The van der Waals surface area contributed by atoms with Gasteiger partial charge in [0, 0.05) is 0 Å². The van der Waals surface area contributed by atoms with Gasteiger partial charge in [-0.3, -0.25) is 9.59 Å². The van der Waals surface area contributed by atoms with Gasteiger partial charge in [0.05, 0.1) is 12.8 Å². The fourth-order valence-corrected chi connectivity index (χ4v) is 1.10. The zero-order valence-electron chi connectivity index (χ0n) is 9.71. The lowest BCUT2D eigenvalue weighted by Crippen LogP contribution is -2.32. The minimum atomic E-state index is -1.12. The molecule has 0 saturated carbocycles. The van der Waals surface area contributed by atoms with Gasteiger partial charge >= 0.3 is 11.8 Å². The van der Waals surface area contributed by atoms with E-state index in [9.17, 15) is 14.7 Å². The van der Waals surface area contributed by atoms with Crippen LogP contribution in [-0.4, -0.2) is 29.7 Å².